The summed E-state index contributed by atoms with van der Waals surface area (Å²) in [7, 11) is -0.956. The van der Waals surface area contributed by atoms with E-state index in [0.29, 0.717) is 0 Å². The summed E-state index contributed by atoms with van der Waals surface area (Å²) in [6, 6.07) is 26.9. The molecule has 0 N–H and O–H groups in total. The standard InChI is InChI=1S/C19H15F2OP/c20-19(21)22-17-13-7-8-14-18(17)23(15-9-3-1-4-10-15)16-11-5-2-6-12-16/h1-14,19H. The van der Waals surface area contributed by atoms with Gasteiger partial charge in [-0.1, -0.05) is 78.9 Å². The van der Waals surface area contributed by atoms with Crippen molar-refractivity contribution in [3.05, 3.63) is 84.9 Å². The molecule has 0 amide bonds. The molecule has 0 aliphatic carbocycles. The second-order valence-electron chi connectivity index (χ2n) is 4.85. The van der Waals surface area contributed by atoms with Crippen LogP contribution in [0.4, 0.5) is 8.78 Å². The maximum Gasteiger partial charge on any atom is 0.387 e. The van der Waals surface area contributed by atoms with Gasteiger partial charge in [-0.15, -0.1) is 0 Å². The van der Waals surface area contributed by atoms with Crippen molar-refractivity contribution in [1.82, 2.24) is 0 Å². The lowest BCUT2D eigenvalue weighted by molar-refractivity contribution is -0.0491. The molecule has 0 radical (unpaired) electrons. The van der Waals surface area contributed by atoms with E-state index < -0.39 is 14.5 Å². The Morgan fingerprint density at radius 2 is 1.13 bits per heavy atom. The Morgan fingerprint density at radius 3 is 1.65 bits per heavy atom. The fourth-order valence-electron chi connectivity index (χ4n) is 2.42. The lowest BCUT2D eigenvalue weighted by Crippen LogP contribution is -2.23. The molecule has 0 bridgehead atoms. The van der Waals surface area contributed by atoms with Crippen molar-refractivity contribution in [2.75, 3.05) is 0 Å². The highest BCUT2D eigenvalue weighted by molar-refractivity contribution is 7.80. The molecule has 0 aromatic heterocycles. The quantitative estimate of drug-likeness (QED) is 0.642. The van der Waals surface area contributed by atoms with E-state index in [2.05, 4.69) is 0 Å². The van der Waals surface area contributed by atoms with Gasteiger partial charge in [0.1, 0.15) is 5.75 Å². The molecule has 0 aliphatic heterocycles. The lowest BCUT2D eigenvalue weighted by atomic mass is 10.3. The molecule has 0 saturated carbocycles. The van der Waals surface area contributed by atoms with Crippen molar-refractivity contribution in [2.45, 2.75) is 6.61 Å². The van der Waals surface area contributed by atoms with E-state index in [4.69, 9.17) is 4.74 Å². The second-order valence-corrected chi connectivity index (χ2v) is 7.04. The van der Waals surface area contributed by atoms with Crippen molar-refractivity contribution in [3.63, 3.8) is 0 Å². The summed E-state index contributed by atoms with van der Waals surface area (Å²) >= 11 is 0. The molecule has 0 unspecified atom stereocenters. The monoisotopic (exact) mass is 328 g/mol. The SMILES string of the molecule is FC(F)Oc1ccccc1P(c1ccccc1)c1ccccc1. The van der Waals surface area contributed by atoms with Crippen molar-refractivity contribution in [2.24, 2.45) is 0 Å². The fraction of sp³-hybridized carbons (Fsp3) is 0.0526. The van der Waals surface area contributed by atoms with Crippen LogP contribution in [0.5, 0.6) is 5.75 Å². The van der Waals surface area contributed by atoms with Gasteiger partial charge in [-0.05, 0) is 24.6 Å². The van der Waals surface area contributed by atoms with Crippen LogP contribution in [-0.2, 0) is 0 Å². The highest BCUT2D eigenvalue weighted by Crippen LogP contribution is 2.36. The average Bonchev–Trinajstić information content (AvgIpc) is 2.58. The first-order valence-corrected chi connectivity index (χ1v) is 8.54. The summed E-state index contributed by atoms with van der Waals surface area (Å²) < 4.78 is 30.3. The zero-order valence-corrected chi connectivity index (χ0v) is 13.2. The Balaban J connectivity index is 2.14. The molecular weight excluding hydrogens is 313 g/mol. The molecule has 0 saturated heterocycles. The molecule has 3 rings (SSSR count). The average molecular weight is 328 g/mol. The van der Waals surface area contributed by atoms with Crippen LogP contribution in [0.3, 0.4) is 0 Å². The van der Waals surface area contributed by atoms with Crippen LogP contribution in [-0.4, -0.2) is 6.61 Å². The van der Waals surface area contributed by atoms with Gasteiger partial charge in [-0.3, -0.25) is 0 Å². The minimum Gasteiger partial charge on any atom is -0.434 e. The molecule has 0 heterocycles. The van der Waals surface area contributed by atoms with Gasteiger partial charge in [0.2, 0.25) is 0 Å². The number of rotatable bonds is 5. The number of halogens is 2. The molecule has 4 heteroatoms. The normalized spacial score (nSPS) is 11.0. The third-order valence-electron chi connectivity index (χ3n) is 3.35. The van der Waals surface area contributed by atoms with E-state index >= 15 is 0 Å². The summed E-state index contributed by atoms with van der Waals surface area (Å²) in [4.78, 5) is 0. The van der Waals surface area contributed by atoms with Crippen molar-refractivity contribution in [3.8, 4) is 5.75 Å². The van der Waals surface area contributed by atoms with Gasteiger partial charge >= 0.3 is 6.61 Å². The van der Waals surface area contributed by atoms with Gasteiger partial charge < -0.3 is 4.74 Å². The second kappa shape index (κ2) is 7.34. The molecule has 0 atom stereocenters. The smallest absolute Gasteiger partial charge is 0.387 e. The highest BCUT2D eigenvalue weighted by Gasteiger charge is 2.21. The summed E-state index contributed by atoms with van der Waals surface area (Å²) in [6.07, 6.45) is 0. The maximum atomic E-state index is 12.8. The largest absolute Gasteiger partial charge is 0.434 e. The molecule has 3 aromatic carbocycles. The van der Waals surface area contributed by atoms with Gasteiger partial charge in [-0.25, -0.2) is 0 Å². The first kappa shape index (κ1) is 15.6. The molecule has 116 valence electrons. The minimum atomic E-state index is -2.83. The van der Waals surface area contributed by atoms with Gasteiger partial charge in [0.05, 0.1) is 0 Å². The van der Waals surface area contributed by atoms with Crippen molar-refractivity contribution < 1.29 is 13.5 Å². The minimum absolute atomic E-state index is 0.237. The van der Waals surface area contributed by atoms with Crippen LogP contribution < -0.4 is 20.7 Å². The highest BCUT2D eigenvalue weighted by atomic mass is 31.1. The van der Waals surface area contributed by atoms with Gasteiger partial charge in [0, 0.05) is 5.30 Å². The van der Waals surface area contributed by atoms with Crippen LogP contribution in [0, 0.1) is 0 Å². The van der Waals surface area contributed by atoms with Crippen molar-refractivity contribution >= 4 is 23.8 Å². The third-order valence-corrected chi connectivity index (χ3v) is 5.83. The predicted octanol–water partition coefficient (Wildman–Crippen LogP) is 4.05. The molecule has 0 fully saturated rings. The molecule has 23 heavy (non-hydrogen) atoms. The zero-order valence-electron chi connectivity index (χ0n) is 12.3. The van der Waals surface area contributed by atoms with E-state index in [1.54, 1.807) is 12.1 Å². The number of benzene rings is 3. The molecule has 0 aliphatic rings. The first-order chi connectivity index (χ1) is 11.3. The number of hydrogen-bond donors (Lipinski definition) is 0. The Morgan fingerprint density at radius 1 is 0.652 bits per heavy atom. The Hall–Kier alpha value is -2.25. The summed E-state index contributed by atoms with van der Waals surface area (Å²) in [6.45, 7) is -2.83. The molecule has 3 aromatic rings. The first-order valence-electron chi connectivity index (χ1n) is 7.20. The van der Waals surface area contributed by atoms with Gasteiger partial charge in [0.15, 0.2) is 0 Å². The van der Waals surface area contributed by atoms with E-state index in [1.165, 1.54) is 0 Å². The Kier molecular flexibility index (Phi) is 4.99. The number of para-hydroxylation sites is 1. The molecule has 1 nitrogen and oxygen atoms in total. The Bertz CT molecular complexity index is 708. The van der Waals surface area contributed by atoms with Gasteiger partial charge in [-0.2, -0.15) is 8.78 Å². The van der Waals surface area contributed by atoms with Crippen LogP contribution in [0.1, 0.15) is 0 Å². The van der Waals surface area contributed by atoms with Crippen LogP contribution >= 0.6 is 7.92 Å². The maximum absolute atomic E-state index is 12.8. The van der Waals surface area contributed by atoms with E-state index in [-0.39, 0.29) is 5.75 Å². The third kappa shape index (κ3) is 3.75. The van der Waals surface area contributed by atoms with Crippen molar-refractivity contribution in [1.29, 1.82) is 0 Å². The summed E-state index contributed by atoms with van der Waals surface area (Å²) in [5, 5.41) is 2.98. The number of hydrogen-bond acceptors (Lipinski definition) is 1. The van der Waals surface area contributed by atoms with Gasteiger partial charge in [0.25, 0.3) is 0 Å². The molecule has 0 spiro atoms. The van der Waals surface area contributed by atoms with E-state index in [9.17, 15) is 8.78 Å². The lowest BCUT2D eigenvalue weighted by Gasteiger charge is -2.21. The fourth-order valence-corrected chi connectivity index (χ4v) is 4.80. The van der Waals surface area contributed by atoms with E-state index in [1.807, 2.05) is 72.8 Å². The zero-order chi connectivity index (χ0) is 16.1. The van der Waals surface area contributed by atoms with E-state index in [0.717, 1.165) is 15.9 Å². The Labute approximate surface area is 135 Å². The topological polar surface area (TPSA) is 9.23 Å². The van der Waals surface area contributed by atoms with Crippen LogP contribution in [0.15, 0.2) is 84.9 Å². The number of alkyl halides is 2. The summed E-state index contributed by atoms with van der Waals surface area (Å²) in [5.41, 5.74) is 0. The van der Waals surface area contributed by atoms with Crippen LogP contribution in [0.2, 0.25) is 0 Å². The molecular formula is C19H15F2OP. The predicted molar refractivity (Wildman–Crippen MR) is 91.8 cm³/mol. The van der Waals surface area contributed by atoms with Crippen LogP contribution in [0.25, 0.3) is 0 Å². The summed E-state index contributed by atoms with van der Waals surface area (Å²) in [5.74, 6) is 0.237. The number of ether oxygens (including phenoxy) is 1.